The average molecular weight is 359 g/mol. The van der Waals surface area contributed by atoms with Crippen LogP contribution in [0, 0.1) is 0 Å². The molecule has 0 amide bonds. The van der Waals surface area contributed by atoms with Gasteiger partial charge in [-0.2, -0.15) is 0 Å². The highest BCUT2D eigenvalue weighted by molar-refractivity contribution is 9.10. The molecule has 0 spiro atoms. The molecule has 116 valence electrons. The Morgan fingerprint density at radius 1 is 1.23 bits per heavy atom. The smallest absolute Gasteiger partial charge is 0.0208 e. The van der Waals surface area contributed by atoms with E-state index in [2.05, 4.69) is 82.0 Å². The highest BCUT2D eigenvalue weighted by Crippen LogP contribution is 2.23. The lowest BCUT2D eigenvalue weighted by molar-refractivity contribution is 0.493. The summed E-state index contributed by atoms with van der Waals surface area (Å²) in [4.78, 5) is 0. The van der Waals surface area contributed by atoms with Gasteiger partial charge in [0.25, 0.3) is 0 Å². The Kier molecular flexibility index (Phi) is 5.29. The first-order chi connectivity index (χ1) is 10.7. The Labute approximate surface area is 141 Å². The normalized spacial score (nSPS) is 18.7. The lowest BCUT2D eigenvalue weighted by Crippen LogP contribution is -2.35. The lowest BCUT2D eigenvalue weighted by atomic mass is 9.90. The van der Waals surface area contributed by atoms with Gasteiger partial charge in [0, 0.05) is 36.6 Å². The van der Waals surface area contributed by atoms with Gasteiger partial charge in [0.05, 0.1) is 0 Å². The maximum Gasteiger partial charge on any atom is 0.0208 e. The van der Waals surface area contributed by atoms with E-state index in [4.69, 9.17) is 0 Å². The van der Waals surface area contributed by atoms with Crippen molar-refractivity contribution >= 4 is 15.9 Å². The molecular weight excluding hydrogens is 336 g/mol. The first-order valence-corrected chi connectivity index (χ1v) is 8.78. The topological polar surface area (TPSA) is 24.1 Å². The maximum atomic E-state index is 3.66. The van der Waals surface area contributed by atoms with Gasteiger partial charge >= 0.3 is 0 Å². The van der Waals surface area contributed by atoms with Crippen molar-refractivity contribution in [2.24, 2.45) is 0 Å². The summed E-state index contributed by atoms with van der Waals surface area (Å²) in [7, 11) is 0. The summed E-state index contributed by atoms with van der Waals surface area (Å²) in [6.07, 6.45) is 0. The van der Waals surface area contributed by atoms with Crippen molar-refractivity contribution < 1.29 is 0 Å². The minimum absolute atomic E-state index is 0.518. The first kappa shape index (κ1) is 15.7. The number of nitrogens with one attached hydrogen (secondary N) is 2. The van der Waals surface area contributed by atoms with Gasteiger partial charge in [0.2, 0.25) is 0 Å². The highest BCUT2D eigenvalue weighted by Gasteiger charge is 2.19. The van der Waals surface area contributed by atoms with Crippen LogP contribution in [0.5, 0.6) is 0 Å². The van der Waals surface area contributed by atoms with Gasteiger partial charge in [-0.25, -0.2) is 0 Å². The molecule has 2 nitrogen and oxygen atoms in total. The van der Waals surface area contributed by atoms with Gasteiger partial charge in [0.15, 0.2) is 0 Å². The predicted octanol–water partition coefficient (Wildman–Crippen LogP) is 4.03. The van der Waals surface area contributed by atoms with Crippen LogP contribution in [-0.4, -0.2) is 19.6 Å². The molecule has 0 bridgehead atoms. The fourth-order valence-electron chi connectivity index (χ4n) is 3.17. The largest absolute Gasteiger partial charge is 0.315 e. The van der Waals surface area contributed by atoms with E-state index in [9.17, 15) is 0 Å². The molecule has 1 aliphatic heterocycles. The van der Waals surface area contributed by atoms with Crippen LogP contribution in [0.15, 0.2) is 53.0 Å². The van der Waals surface area contributed by atoms with Crippen LogP contribution in [0.25, 0.3) is 0 Å². The number of fused-ring (bicyclic) bond motifs is 1. The Hall–Kier alpha value is -1.16. The van der Waals surface area contributed by atoms with Crippen LogP contribution < -0.4 is 10.6 Å². The van der Waals surface area contributed by atoms with E-state index in [1.54, 1.807) is 0 Å². The van der Waals surface area contributed by atoms with Gasteiger partial charge in [-0.1, -0.05) is 59.3 Å². The molecule has 2 aromatic rings. The van der Waals surface area contributed by atoms with Gasteiger partial charge in [-0.15, -0.1) is 0 Å². The molecule has 3 rings (SSSR count). The van der Waals surface area contributed by atoms with Crippen molar-refractivity contribution in [3.8, 4) is 0 Å². The van der Waals surface area contributed by atoms with E-state index >= 15 is 0 Å². The molecule has 2 atom stereocenters. The van der Waals surface area contributed by atoms with Crippen LogP contribution in [0.4, 0.5) is 0 Å². The van der Waals surface area contributed by atoms with Gasteiger partial charge < -0.3 is 10.6 Å². The minimum Gasteiger partial charge on any atom is -0.315 e. The van der Waals surface area contributed by atoms with Crippen LogP contribution in [0.1, 0.15) is 35.4 Å². The third-order valence-electron chi connectivity index (χ3n) is 4.46. The molecule has 2 unspecified atom stereocenters. The van der Waals surface area contributed by atoms with Crippen molar-refractivity contribution in [3.05, 3.63) is 69.7 Å². The molecule has 1 heterocycles. The SMILES string of the molecule is CC(CNCC1CNCc2ccccc21)c1cccc(Br)c1. The number of hydrogen-bond donors (Lipinski definition) is 2. The second kappa shape index (κ2) is 7.40. The molecule has 0 saturated carbocycles. The van der Waals surface area contributed by atoms with E-state index in [0.717, 1.165) is 30.7 Å². The van der Waals surface area contributed by atoms with E-state index in [1.165, 1.54) is 16.7 Å². The lowest BCUT2D eigenvalue weighted by Gasteiger charge is -2.27. The second-order valence-corrected chi connectivity index (χ2v) is 7.06. The summed E-state index contributed by atoms with van der Waals surface area (Å²) < 4.78 is 1.15. The van der Waals surface area contributed by atoms with Crippen molar-refractivity contribution in [2.75, 3.05) is 19.6 Å². The number of rotatable bonds is 5. The third-order valence-corrected chi connectivity index (χ3v) is 4.95. The summed E-state index contributed by atoms with van der Waals surface area (Å²) in [6.45, 7) is 6.38. The third kappa shape index (κ3) is 3.78. The molecule has 0 aliphatic carbocycles. The first-order valence-electron chi connectivity index (χ1n) is 7.98. The maximum absolute atomic E-state index is 3.66. The van der Waals surface area contributed by atoms with Crippen molar-refractivity contribution in [2.45, 2.75) is 25.3 Å². The molecule has 22 heavy (non-hydrogen) atoms. The molecule has 2 N–H and O–H groups in total. The van der Waals surface area contributed by atoms with E-state index in [-0.39, 0.29) is 0 Å². The van der Waals surface area contributed by atoms with Crippen LogP contribution in [-0.2, 0) is 6.54 Å². The number of halogens is 1. The second-order valence-electron chi connectivity index (χ2n) is 6.14. The summed E-state index contributed by atoms with van der Waals surface area (Å²) in [5.41, 5.74) is 4.33. The van der Waals surface area contributed by atoms with Crippen LogP contribution >= 0.6 is 15.9 Å². The van der Waals surface area contributed by atoms with Crippen molar-refractivity contribution in [1.82, 2.24) is 10.6 Å². The monoisotopic (exact) mass is 358 g/mol. The Bertz CT molecular complexity index is 626. The zero-order chi connectivity index (χ0) is 15.4. The molecule has 3 heteroatoms. The van der Waals surface area contributed by atoms with Gasteiger partial charge in [-0.3, -0.25) is 0 Å². The summed E-state index contributed by atoms with van der Waals surface area (Å²) in [5, 5.41) is 7.18. The Balaban J connectivity index is 1.56. The zero-order valence-electron chi connectivity index (χ0n) is 13.0. The standard InChI is InChI=1S/C19H23BrN2/c1-14(15-6-4-7-18(20)9-15)10-21-12-17-13-22-11-16-5-2-3-8-19(16)17/h2-9,14,17,21-22H,10-13H2,1H3. The Morgan fingerprint density at radius 3 is 2.95 bits per heavy atom. The van der Waals surface area contributed by atoms with Gasteiger partial charge in [0.1, 0.15) is 0 Å². The molecular formula is C19H23BrN2. The average Bonchev–Trinajstić information content (AvgIpc) is 2.55. The number of hydrogen-bond acceptors (Lipinski definition) is 2. The summed E-state index contributed by atoms with van der Waals surface area (Å²) >= 11 is 3.55. The van der Waals surface area contributed by atoms with Crippen LogP contribution in [0.2, 0.25) is 0 Å². The van der Waals surface area contributed by atoms with Crippen molar-refractivity contribution in [3.63, 3.8) is 0 Å². The molecule has 0 aromatic heterocycles. The number of benzene rings is 2. The quantitative estimate of drug-likeness (QED) is 0.842. The highest BCUT2D eigenvalue weighted by atomic mass is 79.9. The molecule has 1 aliphatic rings. The fraction of sp³-hybridized carbons (Fsp3) is 0.368. The molecule has 2 aromatic carbocycles. The molecule has 0 radical (unpaired) electrons. The van der Waals surface area contributed by atoms with Crippen molar-refractivity contribution in [1.29, 1.82) is 0 Å². The Morgan fingerprint density at radius 2 is 2.09 bits per heavy atom. The zero-order valence-corrected chi connectivity index (χ0v) is 14.6. The van der Waals surface area contributed by atoms with Gasteiger partial charge in [-0.05, 0) is 34.7 Å². The molecule has 0 saturated heterocycles. The van der Waals surface area contributed by atoms with E-state index in [1.807, 2.05) is 0 Å². The van der Waals surface area contributed by atoms with E-state index in [0.29, 0.717) is 11.8 Å². The minimum atomic E-state index is 0.518. The predicted molar refractivity (Wildman–Crippen MR) is 96.3 cm³/mol. The van der Waals surface area contributed by atoms with Crippen LogP contribution in [0.3, 0.4) is 0 Å². The van der Waals surface area contributed by atoms with E-state index < -0.39 is 0 Å². The summed E-state index contributed by atoms with van der Waals surface area (Å²) in [6, 6.07) is 17.4. The summed E-state index contributed by atoms with van der Waals surface area (Å²) in [5.74, 6) is 1.09. The molecule has 0 fully saturated rings. The fourth-order valence-corrected chi connectivity index (χ4v) is 3.59.